The number of carbonyl (C=O) groups excluding carboxylic acids is 2. The molecular weight excluding hydrogens is 218 g/mol. The number of hydrazine groups is 1. The number of carbonyl (C=O) groups is 2. The van der Waals surface area contributed by atoms with Gasteiger partial charge in [0, 0.05) is 5.38 Å². The lowest BCUT2D eigenvalue weighted by molar-refractivity contribution is -0.146. The predicted molar refractivity (Wildman–Crippen MR) is 55.4 cm³/mol. The van der Waals surface area contributed by atoms with Crippen molar-refractivity contribution in [2.45, 2.75) is 13.0 Å². The fourth-order valence-electron chi connectivity index (χ4n) is 0.808. The zero-order valence-electron chi connectivity index (χ0n) is 8.10. The van der Waals surface area contributed by atoms with E-state index in [1.165, 1.54) is 11.5 Å². The van der Waals surface area contributed by atoms with Crippen LogP contribution in [-0.4, -0.2) is 29.3 Å². The van der Waals surface area contributed by atoms with Gasteiger partial charge in [0.2, 0.25) is 0 Å². The Kier molecular flexibility index (Phi) is 4.72. The lowest BCUT2D eigenvalue weighted by Gasteiger charge is -2.11. The first-order chi connectivity index (χ1) is 7.27. The topological polar surface area (TPSA) is 80.3 Å². The number of aldehydes is 1. The second kappa shape index (κ2) is 6.10. The van der Waals surface area contributed by atoms with Crippen LogP contribution in [0, 0.1) is 0 Å². The summed E-state index contributed by atoms with van der Waals surface area (Å²) in [6, 6.07) is -1.01. The molecule has 0 bridgehead atoms. The van der Waals surface area contributed by atoms with Crippen molar-refractivity contribution in [2.75, 3.05) is 12.0 Å². The zero-order valence-corrected chi connectivity index (χ0v) is 8.91. The molecule has 0 radical (unpaired) electrons. The molecule has 82 valence electrons. The lowest BCUT2D eigenvalue weighted by atomic mass is 10.3. The average molecular weight is 229 g/mol. The van der Waals surface area contributed by atoms with E-state index in [1.807, 2.05) is 0 Å². The van der Waals surface area contributed by atoms with Crippen LogP contribution in [-0.2, 0) is 14.3 Å². The highest BCUT2D eigenvalue weighted by Gasteiger charge is 2.17. The van der Waals surface area contributed by atoms with Gasteiger partial charge in [-0.05, 0) is 18.5 Å². The molecule has 0 saturated carbocycles. The summed E-state index contributed by atoms with van der Waals surface area (Å²) in [6.07, 6.45) is 2.05. The van der Waals surface area contributed by atoms with E-state index in [0.717, 1.165) is 0 Å². The van der Waals surface area contributed by atoms with Crippen LogP contribution in [0.5, 0.6) is 0 Å². The first-order valence-corrected chi connectivity index (χ1v) is 5.14. The smallest absolute Gasteiger partial charge is 0.332 e. The Morgan fingerprint density at radius 2 is 2.60 bits per heavy atom. The molecule has 1 rings (SSSR count). The van der Waals surface area contributed by atoms with Crippen LogP contribution in [0.15, 0.2) is 11.6 Å². The Balaban J connectivity index is 2.40. The van der Waals surface area contributed by atoms with Crippen LogP contribution in [0.2, 0.25) is 0 Å². The fourth-order valence-corrected chi connectivity index (χ4v) is 1.28. The Hall–Kier alpha value is -1.47. The van der Waals surface area contributed by atoms with Crippen LogP contribution in [0.1, 0.15) is 6.92 Å². The number of hydrogen-bond acceptors (Lipinski definition) is 7. The molecule has 0 aliphatic heterocycles. The molecule has 0 aliphatic rings. The summed E-state index contributed by atoms with van der Waals surface area (Å²) in [5.41, 5.74) is 5.90. The first kappa shape index (κ1) is 11.6. The fraction of sp³-hybridized carbons (Fsp3) is 0.375. The number of nitrogens with one attached hydrogen (secondary N) is 2. The SMILES string of the molecule is CCOC(=O)C(C=O)NNc1cnsc1. The number of hydrogen-bond donors (Lipinski definition) is 2. The molecule has 1 aromatic rings. The monoisotopic (exact) mass is 229 g/mol. The molecule has 1 aromatic heterocycles. The van der Waals surface area contributed by atoms with Gasteiger partial charge in [-0.2, -0.15) is 4.37 Å². The summed E-state index contributed by atoms with van der Waals surface area (Å²) in [7, 11) is 0. The van der Waals surface area contributed by atoms with Crippen molar-refractivity contribution in [3.05, 3.63) is 11.6 Å². The first-order valence-electron chi connectivity index (χ1n) is 4.30. The molecule has 0 aromatic carbocycles. The minimum Gasteiger partial charge on any atom is -0.464 e. The molecule has 0 aliphatic carbocycles. The van der Waals surface area contributed by atoms with Gasteiger partial charge in [0.15, 0.2) is 6.04 Å². The van der Waals surface area contributed by atoms with Crippen molar-refractivity contribution in [2.24, 2.45) is 0 Å². The zero-order chi connectivity index (χ0) is 11.1. The van der Waals surface area contributed by atoms with Gasteiger partial charge in [-0.25, -0.2) is 10.2 Å². The van der Waals surface area contributed by atoms with E-state index in [2.05, 4.69) is 20.0 Å². The average Bonchev–Trinajstić information content (AvgIpc) is 2.72. The standard InChI is InChI=1S/C8H11N3O3S/c1-2-14-8(13)7(4-12)11-10-6-3-9-15-5-6/h3-5,7,10-11H,2H2,1H3. The van der Waals surface area contributed by atoms with Crippen molar-refractivity contribution in [1.29, 1.82) is 0 Å². The highest BCUT2D eigenvalue weighted by atomic mass is 32.1. The van der Waals surface area contributed by atoms with E-state index in [9.17, 15) is 9.59 Å². The van der Waals surface area contributed by atoms with Crippen LogP contribution < -0.4 is 10.9 Å². The van der Waals surface area contributed by atoms with Crippen molar-refractivity contribution in [1.82, 2.24) is 9.80 Å². The highest BCUT2D eigenvalue weighted by Crippen LogP contribution is 2.06. The third-order valence-electron chi connectivity index (χ3n) is 1.48. The Bertz CT molecular complexity index is 315. The maximum Gasteiger partial charge on any atom is 0.332 e. The molecule has 1 heterocycles. The second-order valence-corrected chi connectivity index (χ2v) is 3.21. The van der Waals surface area contributed by atoms with Crippen LogP contribution in [0.4, 0.5) is 5.69 Å². The van der Waals surface area contributed by atoms with Crippen LogP contribution in [0.3, 0.4) is 0 Å². The van der Waals surface area contributed by atoms with Gasteiger partial charge >= 0.3 is 5.97 Å². The Labute approximate surface area is 90.8 Å². The Morgan fingerprint density at radius 3 is 3.13 bits per heavy atom. The van der Waals surface area contributed by atoms with E-state index in [4.69, 9.17) is 0 Å². The summed E-state index contributed by atoms with van der Waals surface area (Å²) in [4.78, 5) is 21.7. The molecule has 0 amide bonds. The molecule has 0 fully saturated rings. The summed E-state index contributed by atoms with van der Waals surface area (Å²) in [5.74, 6) is -0.608. The highest BCUT2D eigenvalue weighted by molar-refractivity contribution is 7.04. The number of rotatable bonds is 6. The van der Waals surface area contributed by atoms with Gasteiger partial charge in [0.05, 0.1) is 18.5 Å². The number of esters is 1. The van der Waals surface area contributed by atoms with E-state index in [1.54, 1.807) is 18.5 Å². The number of ether oxygens (including phenoxy) is 1. The van der Waals surface area contributed by atoms with Crippen LogP contribution in [0.25, 0.3) is 0 Å². The largest absolute Gasteiger partial charge is 0.464 e. The molecular formula is C8H11N3O3S. The van der Waals surface area contributed by atoms with E-state index in [-0.39, 0.29) is 6.61 Å². The third-order valence-corrected chi connectivity index (χ3v) is 2.07. The molecule has 1 atom stereocenters. The lowest BCUT2D eigenvalue weighted by Crippen LogP contribution is -2.42. The number of anilines is 1. The van der Waals surface area contributed by atoms with Crippen molar-refractivity contribution >= 4 is 29.5 Å². The molecule has 7 heteroatoms. The van der Waals surface area contributed by atoms with Gasteiger partial charge in [0.25, 0.3) is 0 Å². The molecule has 0 spiro atoms. The van der Waals surface area contributed by atoms with E-state index >= 15 is 0 Å². The molecule has 15 heavy (non-hydrogen) atoms. The summed E-state index contributed by atoms with van der Waals surface area (Å²) >= 11 is 1.26. The van der Waals surface area contributed by atoms with Crippen molar-refractivity contribution in [3.8, 4) is 0 Å². The van der Waals surface area contributed by atoms with Crippen LogP contribution >= 0.6 is 11.5 Å². The second-order valence-electron chi connectivity index (χ2n) is 2.55. The number of aromatic nitrogens is 1. The summed E-state index contributed by atoms with van der Waals surface area (Å²) in [6.45, 7) is 1.92. The maximum absolute atomic E-state index is 11.2. The van der Waals surface area contributed by atoms with Gasteiger partial charge in [-0.3, -0.25) is 0 Å². The maximum atomic E-state index is 11.2. The van der Waals surface area contributed by atoms with Crippen molar-refractivity contribution < 1.29 is 14.3 Å². The van der Waals surface area contributed by atoms with Gasteiger partial charge < -0.3 is 15.0 Å². The van der Waals surface area contributed by atoms with E-state index < -0.39 is 12.0 Å². The number of nitrogens with zero attached hydrogens (tertiary/aromatic N) is 1. The predicted octanol–water partition coefficient (Wildman–Crippen LogP) is 0.190. The minimum absolute atomic E-state index is 0.241. The molecule has 0 saturated heterocycles. The normalized spacial score (nSPS) is 11.8. The third kappa shape index (κ3) is 3.64. The van der Waals surface area contributed by atoms with Crippen molar-refractivity contribution in [3.63, 3.8) is 0 Å². The minimum atomic E-state index is -1.01. The summed E-state index contributed by atoms with van der Waals surface area (Å²) < 4.78 is 8.52. The quantitative estimate of drug-likeness (QED) is 0.314. The molecule has 6 nitrogen and oxygen atoms in total. The Morgan fingerprint density at radius 1 is 1.80 bits per heavy atom. The van der Waals surface area contributed by atoms with E-state index in [0.29, 0.717) is 12.0 Å². The molecule has 1 unspecified atom stereocenters. The van der Waals surface area contributed by atoms with Gasteiger partial charge in [0.1, 0.15) is 6.29 Å². The van der Waals surface area contributed by atoms with Gasteiger partial charge in [-0.1, -0.05) is 0 Å². The molecule has 2 N–H and O–H groups in total. The van der Waals surface area contributed by atoms with Gasteiger partial charge in [-0.15, -0.1) is 0 Å². The summed E-state index contributed by atoms with van der Waals surface area (Å²) in [5, 5.41) is 1.74.